The van der Waals surface area contributed by atoms with Crippen molar-refractivity contribution in [1.29, 1.82) is 0 Å². The van der Waals surface area contributed by atoms with E-state index >= 15 is 0 Å². The van der Waals surface area contributed by atoms with Crippen LogP contribution in [0.5, 0.6) is 0 Å². The highest BCUT2D eigenvalue weighted by Crippen LogP contribution is 2.31. The number of nitrogens with zero attached hydrogens (tertiary/aromatic N) is 5. The van der Waals surface area contributed by atoms with Gasteiger partial charge in [0.15, 0.2) is 11.0 Å². The van der Waals surface area contributed by atoms with E-state index in [1.54, 1.807) is 12.4 Å². The van der Waals surface area contributed by atoms with Crippen LogP contribution in [0.2, 0.25) is 0 Å². The lowest BCUT2D eigenvalue weighted by atomic mass is 9.93. The van der Waals surface area contributed by atoms with Gasteiger partial charge in [-0.2, -0.15) is 0 Å². The van der Waals surface area contributed by atoms with Crippen LogP contribution < -0.4 is 4.90 Å². The summed E-state index contributed by atoms with van der Waals surface area (Å²) in [6, 6.07) is 24.2. The van der Waals surface area contributed by atoms with E-state index in [4.69, 9.17) is 0 Å². The molecule has 1 amide bonds. The van der Waals surface area contributed by atoms with Crippen molar-refractivity contribution in [3.05, 3.63) is 85.2 Å². The second-order valence-electron chi connectivity index (χ2n) is 8.39. The van der Waals surface area contributed by atoms with E-state index in [2.05, 4.69) is 15.2 Å². The molecule has 7 heteroatoms. The molecule has 0 radical (unpaired) electrons. The van der Waals surface area contributed by atoms with Crippen molar-refractivity contribution in [1.82, 2.24) is 19.7 Å². The summed E-state index contributed by atoms with van der Waals surface area (Å²) >= 11 is 1.44. The van der Waals surface area contributed by atoms with Gasteiger partial charge in [-0.1, -0.05) is 67.4 Å². The first kappa shape index (κ1) is 22.3. The molecule has 0 aliphatic heterocycles. The Kier molecular flexibility index (Phi) is 7.00. The number of pyridine rings is 1. The second-order valence-corrected chi connectivity index (χ2v) is 9.34. The van der Waals surface area contributed by atoms with Gasteiger partial charge in [-0.05, 0) is 49.2 Å². The summed E-state index contributed by atoms with van der Waals surface area (Å²) in [6.45, 7) is 0. The first-order valence-electron chi connectivity index (χ1n) is 11.7. The molecule has 0 spiro atoms. The molecule has 1 saturated carbocycles. The van der Waals surface area contributed by atoms with Gasteiger partial charge in [0.2, 0.25) is 5.91 Å². The highest BCUT2D eigenvalue weighted by Gasteiger charge is 2.27. The zero-order valence-electron chi connectivity index (χ0n) is 19.0. The van der Waals surface area contributed by atoms with Crippen molar-refractivity contribution in [3.8, 4) is 17.1 Å². The summed E-state index contributed by atoms with van der Waals surface area (Å²) in [5.41, 5.74) is 2.86. The molecular formula is C27H27N5OS. The van der Waals surface area contributed by atoms with Gasteiger partial charge >= 0.3 is 0 Å². The molecule has 6 nitrogen and oxygen atoms in total. The Morgan fingerprint density at radius 2 is 1.56 bits per heavy atom. The fraction of sp³-hybridized carbons (Fsp3) is 0.259. The molecule has 0 atom stereocenters. The SMILES string of the molecule is O=C(CSc1nnc(-c2ccncc2)n1-c1ccccc1)N(c1ccccc1)C1CCCCC1. The van der Waals surface area contributed by atoms with Crippen molar-refractivity contribution >= 4 is 23.4 Å². The summed E-state index contributed by atoms with van der Waals surface area (Å²) < 4.78 is 2.01. The summed E-state index contributed by atoms with van der Waals surface area (Å²) in [5.74, 6) is 1.14. The van der Waals surface area contributed by atoms with Gasteiger partial charge < -0.3 is 4.90 Å². The number of anilines is 1. The monoisotopic (exact) mass is 469 g/mol. The van der Waals surface area contributed by atoms with E-state index in [1.165, 1.54) is 31.0 Å². The molecule has 0 saturated heterocycles. The van der Waals surface area contributed by atoms with Crippen LogP contribution in [-0.4, -0.2) is 37.5 Å². The zero-order valence-corrected chi connectivity index (χ0v) is 19.8. The summed E-state index contributed by atoms with van der Waals surface area (Å²) in [4.78, 5) is 19.7. The van der Waals surface area contributed by atoms with Crippen LogP contribution in [0.25, 0.3) is 17.1 Å². The number of carbonyl (C=O) groups excluding carboxylic acids is 1. The molecule has 1 aliphatic rings. The normalized spacial score (nSPS) is 14.1. The number of benzene rings is 2. The molecule has 172 valence electrons. The minimum absolute atomic E-state index is 0.108. The first-order chi connectivity index (χ1) is 16.8. The van der Waals surface area contributed by atoms with Gasteiger partial charge in [0.1, 0.15) is 0 Å². The molecule has 2 aromatic carbocycles. The topological polar surface area (TPSA) is 63.9 Å². The van der Waals surface area contributed by atoms with Crippen LogP contribution in [0.4, 0.5) is 5.69 Å². The number of hydrogen-bond donors (Lipinski definition) is 0. The lowest BCUT2D eigenvalue weighted by Gasteiger charge is -2.34. The summed E-state index contributed by atoms with van der Waals surface area (Å²) in [6.07, 6.45) is 9.20. The predicted molar refractivity (Wildman–Crippen MR) is 136 cm³/mol. The largest absolute Gasteiger partial charge is 0.309 e. The number of carbonyl (C=O) groups is 1. The maximum Gasteiger partial charge on any atom is 0.237 e. The number of aromatic nitrogens is 4. The third-order valence-corrected chi connectivity index (χ3v) is 7.07. The molecule has 0 N–H and O–H groups in total. The maximum atomic E-state index is 13.6. The van der Waals surface area contributed by atoms with Gasteiger partial charge in [-0.25, -0.2) is 0 Å². The molecular weight excluding hydrogens is 442 g/mol. The minimum atomic E-state index is 0.108. The van der Waals surface area contributed by atoms with Crippen molar-refractivity contribution in [2.75, 3.05) is 10.7 Å². The number of para-hydroxylation sites is 2. The Morgan fingerprint density at radius 3 is 2.26 bits per heavy atom. The molecule has 0 bridgehead atoms. The third-order valence-electron chi connectivity index (χ3n) is 6.15. The van der Waals surface area contributed by atoms with E-state index in [9.17, 15) is 4.79 Å². The first-order valence-corrected chi connectivity index (χ1v) is 12.7. The maximum absolute atomic E-state index is 13.6. The third kappa shape index (κ3) is 4.89. The van der Waals surface area contributed by atoms with E-state index in [-0.39, 0.29) is 11.9 Å². The molecule has 34 heavy (non-hydrogen) atoms. The summed E-state index contributed by atoms with van der Waals surface area (Å²) in [7, 11) is 0. The number of amides is 1. The molecule has 4 aromatic rings. The minimum Gasteiger partial charge on any atom is -0.309 e. The Hall–Kier alpha value is -3.45. The van der Waals surface area contributed by atoms with Gasteiger partial charge in [0.25, 0.3) is 0 Å². The van der Waals surface area contributed by atoms with Crippen molar-refractivity contribution in [3.63, 3.8) is 0 Å². The molecule has 2 aromatic heterocycles. The Bertz CT molecular complexity index is 1210. The molecule has 5 rings (SSSR count). The molecule has 1 fully saturated rings. The van der Waals surface area contributed by atoms with E-state index in [0.717, 1.165) is 35.6 Å². The van der Waals surface area contributed by atoms with Gasteiger partial charge in [-0.3, -0.25) is 14.3 Å². The van der Waals surface area contributed by atoms with Gasteiger partial charge in [0, 0.05) is 35.4 Å². The summed E-state index contributed by atoms with van der Waals surface area (Å²) in [5, 5.41) is 9.64. The quantitative estimate of drug-likeness (QED) is 0.321. The average molecular weight is 470 g/mol. The fourth-order valence-electron chi connectivity index (χ4n) is 4.54. The van der Waals surface area contributed by atoms with Crippen molar-refractivity contribution in [2.24, 2.45) is 0 Å². The van der Waals surface area contributed by atoms with Gasteiger partial charge in [-0.15, -0.1) is 10.2 Å². The predicted octanol–water partition coefficient (Wildman–Crippen LogP) is 5.79. The van der Waals surface area contributed by atoms with E-state index in [1.807, 2.05) is 82.3 Å². The van der Waals surface area contributed by atoms with Crippen molar-refractivity contribution < 1.29 is 4.79 Å². The standard InChI is InChI=1S/C27H27N5OS/c33-25(31(22-10-4-1-5-11-22)23-12-6-2-7-13-23)20-34-27-30-29-26(21-16-18-28-19-17-21)32(27)24-14-8-3-9-15-24/h1,3-5,8-11,14-19,23H,2,6-7,12-13,20H2. The molecule has 0 unspecified atom stereocenters. The highest BCUT2D eigenvalue weighted by atomic mass is 32.2. The smallest absolute Gasteiger partial charge is 0.237 e. The number of hydrogen-bond acceptors (Lipinski definition) is 5. The Labute approximate surface area is 204 Å². The number of rotatable bonds is 7. The van der Waals surface area contributed by atoms with Gasteiger partial charge in [0.05, 0.1) is 5.75 Å². The van der Waals surface area contributed by atoms with Crippen LogP contribution in [0.1, 0.15) is 32.1 Å². The van der Waals surface area contributed by atoms with Crippen LogP contribution in [-0.2, 0) is 4.79 Å². The van der Waals surface area contributed by atoms with Crippen LogP contribution in [0, 0.1) is 0 Å². The average Bonchev–Trinajstić information content (AvgIpc) is 3.34. The Balaban J connectivity index is 1.43. The zero-order chi connectivity index (χ0) is 23.2. The lowest BCUT2D eigenvalue weighted by Crippen LogP contribution is -2.42. The second kappa shape index (κ2) is 10.7. The highest BCUT2D eigenvalue weighted by molar-refractivity contribution is 7.99. The van der Waals surface area contributed by atoms with E-state index < -0.39 is 0 Å². The van der Waals surface area contributed by atoms with Crippen molar-refractivity contribution in [2.45, 2.75) is 43.3 Å². The Morgan fingerprint density at radius 1 is 0.882 bits per heavy atom. The number of thioether (sulfide) groups is 1. The van der Waals surface area contributed by atoms with E-state index in [0.29, 0.717) is 10.9 Å². The lowest BCUT2D eigenvalue weighted by molar-refractivity contribution is -0.116. The van der Waals surface area contributed by atoms with Crippen LogP contribution in [0.15, 0.2) is 90.3 Å². The van der Waals surface area contributed by atoms with Crippen LogP contribution in [0.3, 0.4) is 0 Å². The molecule has 1 aliphatic carbocycles. The van der Waals surface area contributed by atoms with Crippen LogP contribution >= 0.6 is 11.8 Å². The fourth-order valence-corrected chi connectivity index (χ4v) is 5.35. The molecule has 2 heterocycles.